The van der Waals surface area contributed by atoms with Gasteiger partial charge in [0.05, 0.1) is 15.8 Å². The number of hydrogen-bond donors (Lipinski definition) is 2. The van der Waals surface area contributed by atoms with Gasteiger partial charge < -0.3 is 10.6 Å². The Morgan fingerprint density at radius 1 is 1.17 bits per heavy atom. The molecule has 2 heterocycles. The second-order valence-electron chi connectivity index (χ2n) is 8.08. The molecule has 0 spiro atoms. The van der Waals surface area contributed by atoms with Gasteiger partial charge in [-0.05, 0) is 50.8 Å². The van der Waals surface area contributed by atoms with Crippen molar-refractivity contribution in [1.29, 1.82) is 0 Å². The van der Waals surface area contributed by atoms with Crippen molar-refractivity contribution >= 4 is 39.3 Å². The molecule has 1 aromatic carbocycles. The topological polar surface area (TPSA) is 95.6 Å². The molecular weight excluding hydrogens is 410 g/mol. The van der Waals surface area contributed by atoms with Crippen LogP contribution in [0.2, 0.25) is 0 Å². The molecule has 158 valence electrons. The zero-order chi connectivity index (χ0) is 20.6. The Kier molecular flexibility index (Phi) is 5.90. The molecule has 3 aliphatic rings. The van der Waals surface area contributed by atoms with Crippen LogP contribution in [0.4, 0.5) is 5.69 Å². The molecule has 1 aliphatic carbocycles. The Hall–Kier alpha value is -1.58. The van der Waals surface area contributed by atoms with Crippen LogP contribution in [-0.4, -0.2) is 48.9 Å². The second-order valence-corrected chi connectivity index (χ2v) is 11.4. The summed E-state index contributed by atoms with van der Waals surface area (Å²) < 4.78 is 27.6. The van der Waals surface area contributed by atoms with E-state index in [4.69, 9.17) is 0 Å². The molecule has 0 aromatic heterocycles. The number of carbonyl (C=O) groups is 2. The Balaban J connectivity index is 1.41. The van der Waals surface area contributed by atoms with Crippen LogP contribution in [0.5, 0.6) is 0 Å². The lowest BCUT2D eigenvalue weighted by atomic mass is 9.97. The van der Waals surface area contributed by atoms with Gasteiger partial charge in [0.1, 0.15) is 0 Å². The van der Waals surface area contributed by atoms with E-state index in [-0.39, 0.29) is 33.9 Å². The van der Waals surface area contributed by atoms with Gasteiger partial charge in [-0.1, -0.05) is 12.8 Å². The van der Waals surface area contributed by atoms with Gasteiger partial charge in [0.15, 0.2) is 0 Å². The molecule has 1 atom stereocenters. The lowest BCUT2D eigenvalue weighted by molar-refractivity contribution is -0.126. The fourth-order valence-electron chi connectivity index (χ4n) is 4.24. The molecule has 9 heteroatoms. The van der Waals surface area contributed by atoms with Gasteiger partial charge >= 0.3 is 0 Å². The summed E-state index contributed by atoms with van der Waals surface area (Å²) in [6.07, 6.45) is 5.50. The number of carbonyl (C=O) groups excluding carboxylic acids is 2. The van der Waals surface area contributed by atoms with Gasteiger partial charge in [-0.25, -0.2) is 8.42 Å². The zero-order valence-corrected chi connectivity index (χ0v) is 18.2. The summed E-state index contributed by atoms with van der Waals surface area (Å²) in [6, 6.07) is 5.19. The fourth-order valence-corrected chi connectivity index (χ4v) is 6.67. The minimum Gasteiger partial charge on any atom is -0.353 e. The molecule has 1 aromatic rings. The van der Waals surface area contributed by atoms with Crippen LogP contribution in [0.3, 0.4) is 0 Å². The van der Waals surface area contributed by atoms with Crippen molar-refractivity contribution in [2.24, 2.45) is 5.92 Å². The van der Waals surface area contributed by atoms with Crippen LogP contribution in [0.25, 0.3) is 0 Å². The standard InChI is InChI=1S/C20H27N3O4S2/c1-13-19(24)22-17-12-16(6-7-18(17)28-13)29(26,27)23-10-8-14(9-11-23)20(25)21-15-4-2-3-5-15/h6-7,12-15H,2-5,8-11H2,1H3,(H,21,25)(H,22,24)/t13-/m0/s1. The van der Waals surface area contributed by atoms with Crippen molar-refractivity contribution in [3.63, 3.8) is 0 Å². The molecule has 2 amide bonds. The number of nitrogens with one attached hydrogen (secondary N) is 2. The Bertz CT molecular complexity index is 904. The van der Waals surface area contributed by atoms with Gasteiger partial charge in [-0.2, -0.15) is 4.31 Å². The van der Waals surface area contributed by atoms with Gasteiger partial charge in [0.2, 0.25) is 21.8 Å². The summed E-state index contributed by atoms with van der Waals surface area (Å²) in [7, 11) is -3.66. The number of hydrogen-bond acceptors (Lipinski definition) is 5. The van der Waals surface area contributed by atoms with Gasteiger partial charge in [-0.3, -0.25) is 9.59 Å². The minimum atomic E-state index is -3.66. The predicted octanol–water partition coefficient (Wildman–Crippen LogP) is 2.58. The average molecular weight is 438 g/mol. The maximum Gasteiger partial charge on any atom is 0.243 e. The minimum absolute atomic E-state index is 0.0663. The summed E-state index contributed by atoms with van der Waals surface area (Å²) in [6.45, 7) is 2.49. The first kappa shape index (κ1) is 20.7. The van der Waals surface area contributed by atoms with Crippen LogP contribution in [-0.2, 0) is 19.6 Å². The highest BCUT2D eigenvalue weighted by Gasteiger charge is 2.34. The van der Waals surface area contributed by atoms with Crippen molar-refractivity contribution in [3.8, 4) is 0 Å². The number of thioether (sulfide) groups is 1. The average Bonchev–Trinajstić information content (AvgIpc) is 3.21. The number of fused-ring (bicyclic) bond motifs is 1. The molecule has 4 rings (SSSR count). The number of benzene rings is 1. The van der Waals surface area contributed by atoms with Crippen LogP contribution in [0, 0.1) is 5.92 Å². The molecule has 1 saturated carbocycles. The smallest absolute Gasteiger partial charge is 0.243 e. The number of piperidine rings is 1. The lowest BCUT2D eigenvalue weighted by Gasteiger charge is -2.31. The number of anilines is 1. The third kappa shape index (κ3) is 4.32. The van der Waals surface area contributed by atoms with E-state index >= 15 is 0 Å². The van der Waals surface area contributed by atoms with Crippen LogP contribution < -0.4 is 10.6 Å². The van der Waals surface area contributed by atoms with E-state index in [1.54, 1.807) is 18.2 Å². The molecular formula is C20H27N3O4S2. The van der Waals surface area contributed by atoms with Crippen LogP contribution in [0.15, 0.2) is 28.0 Å². The first-order chi connectivity index (χ1) is 13.8. The highest BCUT2D eigenvalue weighted by molar-refractivity contribution is 8.01. The first-order valence-corrected chi connectivity index (χ1v) is 12.6. The van der Waals surface area contributed by atoms with Crippen LogP contribution in [0.1, 0.15) is 45.4 Å². The SMILES string of the molecule is C[C@@H]1Sc2ccc(S(=O)(=O)N3CCC(C(=O)NC4CCCC4)CC3)cc2NC1=O. The first-order valence-electron chi connectivity index (χ1n) is 10.3. The van der Waals surface area contributed by atoms with E-state index in [0.717, 1.165) is 17.7 Å². The monoisotopic (exact) mass is 437 g/mol. The summed E-state index contributed by atoms with van der Waals surface area (Å²) in [5, 5.41) is 5.72. The van der Waals surface area contributed by atoms with Crippen molar-refractivity contribution in [2.75, 3.05) is 18.4 Å². The Morgan fingerprint density at radius 3 is 2.55 bits per heavy atom. The third-order valence-electron chi connectivity index (χ3n) is 6.05. The normalized spacial score (nSPS) is 24.2. The van der Waals surface area contributed by atoms with Crippen molar-refractivity contribution in [3.05, 3.63) is 18.2 Å². The van der Waals surface area contributed by atoms with E-state index in [1.165, 1.54) is 28.9 Å². The largest absolute Gasteiger partial charge is 0.353 e. The number of sulfonamides is 1. The van der Waals surface area contributed by atoms with E-state index in [2.05, 4.69) is 10.6 Å². The summed E-state index contributed by atoms with van der Waals surface area (Å²) in [4.78, 5) is 25.4. The summed E-state index contributed by atoms with van der Waals surface area (Å²) in [5.41, 5.74) is 0.546. The van der Waals surface area contributed by atoms with Gasteiger partial charge in [0.25, 0.3) is 0 Å². The van der Waals surface area contributed by atoms with Crippen molar-refractivity contribution < 1.29 is 18.0 Å². The number of nitrogens with zero attached hydrogens (tertiary/aromatic N) is 1. The highest BCUT2D eigenvalue weighted by atomic mass is 32.2. The molecule has 0 bridgehead atoms. The fraction of sp³-hybridized carbons (Fsp3) is 0.600. The van der Waals surface area contributed by atoms with Crippen LogP contribution >= 0.6 is 11.8 Å². The molecule has 2 N–H and O–H groups in total. The van der Waals surface area contributed by atoms with Gasteiger partial charge in [0, 0.05) is 29.9 Å². The highest BCUT2D eigenvalue weighted by Crippen LogP contribution is 2.37. The summed E-state index contributed by atoms with van der Waals surface area (Å²) in [5.74, 6) is -0.175. The molecule has 1 saturated heterocycles. The maximum absolute atomic E-state index is 13.1. The number of rotatable bonds is 4. The van der Waals surface area contributed by atoms with Gasteiger partial charge in [-0.15, -0.1) is 11.8 Å². The van der Waals surface area contributed by atoms with E-state index in [0.29, 0.717) is 31.6 Å². The van der Waals surface area contributed by atoms with E-state index in [9.17, 15) is 18.0 Å². The van der Waals surface area contributed by atoms with E-state index in [1.807, 2.05) is 6.92 Å². The predicted molar refractivity (Wildman–Crippen MR) is 112 cm³/mol. The van der Waals surface area contributed by atoms with Crippen molar-refractivity contribution in [2.45, 2.75) is 66.5 Å². The Morgan fingerprint density at radius 2 is 1.86 bits per heavy atom. The molecule has 7 nitrogen and oxygen atoms in total. The van der Waals surface area contributed by atoms with E-state index < -0.39 is 10.0 Å². The number of amides is 2. The molecule has 0 unspecified atom stereocenters. The second kappa shape index (κ2) is 8.28. The molecule has 2 fully saturated rings. The quantitative estimate of drug-likeness (QED) is 0.755. The lowest BCUT2D eigenvalue weighted by Crippen LogP contribution is -2.44. The van der Waals surface area contributed by atoms with Crippen molar-refractivity contribution in [1.82, 2.24) is 9.62 Å². The third-order valence-corrected chi connectivity index (χ3v) is 9.12. The zero-order valence-electron chi connectivity index (χ0n) is 16.5. The Labute approximate surface area is 176 Å². The molecule has 2 aliphatic heterocycles. The maximum atomic E-state index is 13.1. The molecule has 29 heavy (non-hydrogen) atoms. The molecule has 0 radical (unpaired) electrons. The summed E-state index contributed by atoms with van der Waals surface area (Å²) >= 11 is 1.43.